The molecule has 0 atom stereocenters. The van der Waals surface area contributed by atoms with Gasteiger partial charge in [0.1, 0.15) is 11.2 Å². The summed E-state index contributed by atoms with van der Waals surface area (Å²) >= 11 is 1.26. The number of ether oxygens (including phenoxy) is 1. The molecule has 4 rings (SSSR count). The number of benzene rings is 1. The van der Waals surface area contributed by atoms with E-state index in [1.54, 1.807) is 32.0 Å². The Morgan fingerprint density at radius 2 is 1.89 bits per heavy atom. The first-order chi connectivity index (χ1) is 16.7. The van der Waals surface area contributed by atoms with Gasteiger partial charge in [-0.05, 0) is 44.7 Å². The summed E-state index contributed by atoms with van der Waals surface area (Å²) in [6.45, 7) is 7.01. The predicted octanol–water partition coefficient (Wildman–Crippen LogP) is 2.86. The maximum atomic E-state index is 13.3. The van der Waals surface area contributed by atoms with Crippen molar-refractivity contribution in [2.45, 2.75) is 46.2 Å². The van der Waals surface area contributed by atoms with Crippen LogP contribution in [-0.4, -0.2) is 46.2 Å². The van der Waals surface area contributed by atoms with Gasteiger partial charge in [0.05, 0.1) is 18.4 Å². The van der Waals surface area contributed by atoms with Crippen LogP contribution in [0, 0.1) is 5.92 Å². The minimum absolute atomic E-state index is 0.197. The molecule has 0 spiro atoms. The van der Waals surface area contributed by atoms with E-state index in [-0.39, 0.29) is 23.4 Å². The molecule has 1 amide bonds. The van der Waals surface area contributed by atoms with Crippen molar-refractivity contribution in [3.63, 3.8) is 0 Å². The number of piperidine rings is 1. The largest absolute Gasteiger partial charge is 0.465 e. The van der Waals surface area contributed by atoms with Gasteiger partial charge in [0, 0.05) is 19.1 Å². The van der Waals surface area contributed by atoms with Gasteiger partial charge in [0.25, 0.3) is 5.56 Å². The highest BCUT2D eigenvalue weighted by Gasteiger charge is 2.25. The van der Waals surface area contributed by atoms with Crippen molar-refractivity contribution in [2.75, 3.05) is 30.4 Å². The zero-order valence-electron chi connectivity index (χ0n) is 20.2. The second-order valence-corrected chi connectivity index (χ2v) is 10.0. The molecule has 1 saturated heterocycles. The second-order valence-electron chi connectivity index (χ2n) is 9.04. The van der Waals surface area contributed by atoms with Crippen molar-refractivity contribution >= 4 is 44.4 Å². The first-order valence-electron chi connectivity index (χ1n) is 11.6. The van der Waals surface area contributed by atoms with Crippen LogP contribution in [0.3, 0.4) is 0 Å². The maximum Gasteiger partial charge on any atom is 0.339 e. The van der Waals surface area contributed by atoms with Gasteiger partial charge in [-0.3, -0.25) is 18.7 Å². The molecule has 1 N–H and O–H groups in total. The van der Waals surface area contributed by atoms with Crippen LogP contribution in [0.15, 0.2) is 33.9 Å². The van der Waals surface area contributed by atoms with Crippen molar-refractivity contribution in [2.24, 2.45) is 5.92 Å². The van der Waals surface area contributed by atoms with E-state index < -0.39 is 29.2 Å². The first-order valence-corrected chi connectivity index (χ1v) is 12.4. The summed E-state index contributed by atoms with van der Waals surface area (Å²) < 4.78 is 7.51. The predicted molar refractivity (Wildman–Crippen MR) is 136 cm³/mol. The normalized spacial score (nSPS) is 14.5. The van der Waals surface area contributed by atoms with E-state index in [1.807, 2.05) is 0 Å². The van der Waals surface area contributed by atoms with Crippen LogP contribution < -0.4 is 21.5 Å². The minimum atomic E-state index is -0.599. The number of methoxy groups -OCH3 is 1. The molecule has 35 heavy (non-hydrogen) atoms. The number of para-hydroxylation sites is 1. The minimum Gasteiger partial charge on any atom is -0.465 e. The van der Waals surface area contributed by atoms with Crippen LogP contribution in [0.2, 0.25) is 0 Å². The van der Waals surface area contributed by atoms with E-state index in [4.69, 9.17) is 4.74 Å². The molecular weight excluding hydrogens is 470 g/mol. The molecule has 1 aromatic carbocycles. The fourth-order valence-electron chi connectivity index (χ4n) is 4.19. The Bertz CT molecular complexity index is 1380. The summed E-state index contributed by atoms with van der Waals surface area (Å²) in [5.74, 6) is -0.484. The first kappa shape index (κ1) is 24.6. The summed E-state index contributed by atoms with van der Waals surface area (Å²) in [7, 11) is 1.26. The summed E-state index contributed by atoms with van der Waals surface area (Å²) in [6, 6.07) is 6.06. The lowest BCUT2D eigenvalue weighted by Gasteiger charge is -2.29. The van der Waals surface area contributed by atoms with Gasteiger partial charge in [0.2, 0.25) is 5.91 Å². The van der Waals surface area contributed by atoms with Gasteiger partial charge in [-0.1, -0.05) is 30.4 Å². The van der Waals surface area contributed by atoms with Gasteiger partial charge in [-0.25, -0.2) is 14.6 Å². The standard InChI is InChI=1S/C24H29N5O5S/c1-14(2)29-21(31)19-20(26-23(35-19)27-11-9-15(3)10-12-27)28(24(29)33)13-18(30)25-17-8-6-5-7-16(17)22(32)34-4/h5-8,14-15H,9-13H2,1-4H3,(H,25,30). The molecule has 0 aliphatic carbocycles. The summed E-state index contributed by atoms with van der Waals surface area (Å²) in [5, 5.41) is 3.36. The van der Waals surface area contributed by atoms with Gasteiger partial charge in [-0.2, -0.15) is 0 Å². The maximum absolute atomic E-state index is 13.3. The fraction of sp³-hybridized carbons (Fsp3) is 0.458. The Morgan fingerprint density at radius 3 is 2.54 bits per heavy atom. The molecule has 0 saturated carbocycles. The van der Waals surface area contributed by atoms with Gasteiger partial charge < -0.3 is 15.0 Å². The monoisotopic (exact) mass is 499 g/mol. The van der Waals surface area contributed by atoms with Crippen molar-refractivity contribution in [3.05, 3.63) is 50.7 Å². The summed E-state index contributed by atoms with van der Waals surface area (Å²) in [5.41, 5.74) is -0.331. The number of carbonyl (C=O) groups is 2. The highest BCUT2D eigenvalue weighted by molar-refractivity contribution is 7.22. The number of esters is 1. The number of carbonyl (C=O) groups excluding carboxylic acids is 2. The van der Waals surface area contributed by atoms with E-state index in [1.165, 1.54) is 29.1 Å². The van der Waals surface area contributed by atoms with E-state index in [0.29, 0.717) is 15.7 Å². The molecule has 0 radical (unpaired) electrons. The molecule has 3 aromatic rings. The molecular formula is C24H29N5O5S. The molecule has 186 valence electrons. The van der Waals surface area contributed by atoms with Crippen LogP contribution >= 0.6 is 11.3 Å². The smallest absolute Gasteiger partial charge is 0.339 e. The molecule has 1 aliphatic rings. The number of nitrogens with zero attached hydrogens (tertiary/aromatic N) is 4. The number of thiazole rings is 1. The molecule has 11 heteroatoms. The number of aromatic nitrogens is 3. The van der Waals surface area contributed by atoms with Crippen LogP contribution in [0.5, 0.6) is 0 Å². The highest BCUT2D eigenvalue weighted by atomic mass is 32.1. The van der Waals surface area contributed by atoms with E-state index in [2.05, 4.69) is 22.1 Å². The van der Waals surface area contributed by atoms with Crippen LogP contribution in [0.25, 0.3) is 10.3 Å². The number of hydrogen-bond acceptors (Lipinski definition) is 8. The number of amides is 1. The lowest BCUT2D eigenvalue weighted by Crippen LogP contribution is -2.42. The Kier molecular flexibility index (Phi) is 7.06. The Labute approximate surface area is 206 Å². The lowest BCUT2D eigenvalue weighted by molar-refractivity contribution is -0.116. The SMILES string of the molecule is COC(=O)c1ccccc1NC(=O)Cn1c(=O)n(C(C)C)c(=O)c2sc(N3CCC(C)CC3)nc21. The molecule has 1 aliphatic heterocycles. The lowest BCUT2D eigenvalue weighted by atomic mass is 10.00. The Balaban J connectivity index is 1.74. The molecule has 1 fully saturated rings. The molecule has 2 aromatic heterocycles. The summed E-state index contributed by atoms with van der Waals surface area (Å²) in [6.07, 6.45) is 2.06. The van der Waals surface area contributed by atoms with Crippen molar-refractivity contribution in [1.29, 1.82) is 0 Å². The third-order valence-electron chi connectivity index (χ3n) is 6.18. The number of anilines is 2. The average Bonchev–Trinajstić information content (AvgIpc) is 3.28. The fourth-order valence-corrected chi connectivity index (χ4v) is 5.25. The molecule has 3 heterocycles. The third kappa shape index (κ3) is 4.86. The van der Waals surface area contributed by atoms with Crippen molar-refractivity contribution < 1.29 is 14.3 Å². The van der Waals surface area contributed by atoms with Crippen molar-refractivity contribution in [1.82, 2.24) is 14.1 Å². The molecule has 10 nitrogen and oxygen atoms in total. The van der Waals surface area contributed by atoms with Crippen LogP contribution in [0.4, 0.5) is 10.8 Å². The second kappa shape index (κ2) is 10.0. The third-order valence-corrected chi connectivity index (χ3v) is 7.28. The Hall–Kier alpha value is -3.47. The van der Waals surface area contributed by atoms with Gasteiger partial charge in [0.15, 0.2) is 10.8 Å². The van der Waals surface area contributed by atoms with Crippen molar-refractivity contribution in [3.8, 4) is 0 Å². The van der Waals surface area contributed by atoms with Gasteiger partial charge >= 0.3 is 11.7 Å². The van der Waals surface area contributed by atoms with E-state index in [0.717, 1.165) is 30.5 Å². The zero-order valence-corrected chi connectivity index (χ0v) is 21.1. The number of nitrogens with one attached hydrogen (secondary N) is 1. The average molecular weight is 500 g/mol. The van der Waals surface area contributed by atoms with Gasteiger partial charge in [-0.15, -0.1) is 0 Å². The number of hydrogen-bond donors (Lipinski definition) is 1. The highest BCUT2D eigenvalue weighted by Crippen LogP contribution is 2.29. The van der Waals surface area contributed by atoms with E-state index in [9.17, 15) is 19.2 Å². The zero-order chi connectivity index (χ0) is 25.3. The summed E-state index contributed by atoms with van der Waals surface area (Å²) in [4.78, 5) is 58.3. The number of rotatable bonds is 6. The topological polar surface area (TPSA) is 116 Å². The Morgan fingerprint density at radius 1 is 1.20 bits per heavy atom. The van der Waals surface area contributed by atoms with Crippen LogP contribution in [0.1, 0.15) is 50.0 Å². The van der Waals surface area contributed by atoms with E-state index >= 15 is 0 Å². The molecule has 0 unspecified atom stereocenters. The number of fused-ring (bicyclic) bond motifs is 1. The molecule has 0 bridgehead atoms. The van der Waals surface area contributed by atoms with Crippen LogP contribution in [-0.2, 0) is 16.1 Å². The quantitative estimate of drug-likeness (QED) is 0.519.